The van der Waals surface area contributed by atoms with Gasteiger partial charge in [-0.25, -0.2) is 5.10 Å². The number of hydrogen-bond acceptors (Lipinski definition) is 6. The van der Waals surface area contributed by atoms with Crippen LogP contribution in [0.5, 0.6) is 11.5 Å². The Morgan fingerprint density at radius 2 is 2.16 bits per heavy atom. The molecule has 0 spiro atoms. The number of aromatic nitrogens is 3. The highest BCUT2D eigenvalue weighted by atomic mass is 32.1. The molecule has 8 heteroatoms. The molecule has 0 aliphatic carbocycles. The highest BCUT2D eigenvalue weighted by Gasteiger charge is 2.10. The van der Waals surface area contributed by atoms with Gasteiger partial charge in [0.2, 0.25) is 4.77 Å². The molecule has 2 aromatic heterocycles. The fraction of sp³-hybridized carbons (Fsp3) is 0.235. The van der Waals surface area contributed by atoms with E-state index in [9.17, 15) is 0 Å². The molecule has 0 saturated carbocycles. The van der Waals surface area contributed by atoms with Crippen molar-refractivity contribution < 1.29 is 9.47 Å². The standard InChI is InChI=1S/C17H18N4O2S2/c1-11(2)23-14-9-12(6-7-13(14)22-3)10-18-21-16(19-20-17(21)24)15-5-4-8-25-15/h4-11H,1-3H3,(H,20,24)/b18-10-. The summed E-state index contributed by atoms with van der Waals surface area (Å²) < 4.78 is 13.2. The molecule has 0 saturated heterocycles. The normalized spacial score (nSPS) is 11.4. The van der Waals surface area contributed by atoms with E-state index in [1.165, 1.54) is 0 Å². The van der Waals surface area contributed by atoms with E-state index < -0.39 is 0 Å². The fourth-order valence-corrected chi connectivity index (χ4v) is 3.09. The minimum atomic E-state index is 0.0500. The number of nitrogens with one attached hydrogen (secondary N) is 1. The zero-order valence-electron chi connectivity index (χ0n) is 14.1. The fourth-order valence-electron chi connectivity index (χ4n) is 2.21. The lowest BCUT2D eigenvalue weighted by atomic mass is 10.2. The second kappa shape index (κ2) is 7.62. The maximum Gasteiger partial charge on any atom is 0.216 e. The number of aromatic amines is 1. The van der Waals surface area contributed by atoms with Crippen LogP contribution in [-0.2, 0) is 0 Å². The summed E-state index contributed by atoms with van der Waals surface area (Å²) in [5.74, 6) is 2.05. The molecular weight excluding hydrogens is 356 g/mol. The van der Waals surface area contributed by atoms with Crippen LogP contribution >= 0.6 is 23.6 Å². The van der Waals surface area contributed by atoms with Crippen LogP contribution in [-0.4, -0.2) is 34.3 Å². The average molecular weight is 374 g/mol. The van der Waals surface area contributed by atoms with Crippen LogP contribution in [0.15, 0.2) is 40.8 Å². The van der Waals surface area contributed by atoms with Gasteiger partial charge >= 0.3 is 0 Å². The van der Waals surface area contributed by atoms with Gasteiger partial charge in [0.05, 0.1) is 24.3 Å². The van der Waals surface area contributed by atoms with Crippen LogP contribution in [0.2, 0.25) is 0 Å². The van der Waals surface area contributed by atoms with E-state index >= 15 is 0 Å². The third-order valence-electron chi connectivity index (χ3n) is 3.26. The molecule has 3 rings (SSSR count). The van der Waals surface area contributed by atoms with Gasteiger partial charge in [0.25, 0.3) is 0 Å². The average Bonchev–Trinajstić information content (AvgIpc) is 3.22. The molecule has 0 bridgehead atoms. The zero-order chi connectivity index (χ0) is 17.8. The van der Waals surface area contributed by atoms with Gasteiger partial charge in [-0.15, -0.1) is 11.3 Å². The number of nitrogens with zero attached hydrogens (tertiary/aromatic N) is 3. The molecule has 0 fully saturated rings. The second-order valence-corrected chi connectivity index (χ2v) is 6.80. The van der Waals surface area contributed by atoms with E-state index in [0.29, 0.717) is 22.1 Å². The first-order valence-corrected chi connectivity index (χ1v) is 8.97. The van der Waals surface area contributed by atoms with Crippen LogP contribution in [0.1, 0.15) is 19.4 Å². The van der Waals surface area contributed by atoms with Crippen molar-refractivity contribution >= 4 is 29.8 Å². The van der Waals surface area contributed by atoms with Crippen molar-refractivity contribution in [2.45, 2.75) is 20.0 Å². The van der Waals surface area contributed by atoms with E-state index in [2.05, 4.69) is 15.3 Å². The van der Waals surface area contributed by atoms with Crippen LogP contribution in [0.25, 0.3) is 10.7 Å². The summed E-state index contributed by atoms with van der Waals surface area (Å²) in [5, 5.41) is 13.5. The molecule has 0 radical (unpaired) electrons. The second-order valence-electron chi connectivity index (χ2n) is 5.46. The van der Waals surface area contributed by atoms with Gasteiger partial charge in [0.15, 0.2) is 17.3 Å². The van der Waals surface area contributed by atoms with Gasteiger partial charge in [0.1, 0.15) is 0 Å². The Morgan fingerprint density at radius 3 is 2.84 bits per heavy atom. The molecule has 0 amide bonds. The highest BCUT2D eigenvalue weighted by molar-refractivity contribution is 7.71. The van der Waals surface area contributed by atoms with Crippen LogP contribution in [0, 0.1) is 4.77 Å². The largest absolute Gasteiger partial charge is 0.493 e. The van der Waals surface area contributed by atoms with E-state index in [1.807, 2.05) is 49.6 Å². The first kappa shape index (κ1) is 17.4. The van der Waals surface area contributed by atoms with Gasteiger partial charge in [-0.2, -0.15) is 14.9 Å². The first-order valence-electron chi connectivity index (χ1n) is 7.69. The van der Waals surface area contributed by atoms with E-state index in [4.69, 9.17) is 21.7 Å². The van der Waals surface area contributed by atoms with Crippen molar-refractivity contribution in [3.05, 3.63) is 46.0 Å². The number of rotatable bonds is 6. The zero-order valence-corrected chi connectivity index (χ0v) is 15.7. The predicted octanol–water partition coefficient (Wildman–Crippen LogP) is 4.35. The van der Waals surface area contributed by atoms with Crippen LogP contribution < -0.4 is 9.47 Å². The van der Waals surface area contributed by atoms with E-state index in [1.54, 1.807) is 29.3 Å². The van der Waals surface area contributed by atoms with Crippen LogP contribution in [0.3, 0.4) is 0 Å². The summed E-state index contributed by atoms with van der Waals surface area (Å²) in [6, 6.07) is 9.59. The number of benzene rings is 1. The third-order valence-corrected chi connectivity index (χ3v) is 4.39. The summed E-state index contributed by atoms with van der Waals surface area (Å²) >= 11 is 6.86. The number of methoxy groups -OCH3 is 1. The predicted molar refractivity (Wildman–Crippen MR) is 102 cm³/mol. The summed E-state index contributed by atoms with van der Waals surface area (Å²) in [6.07, 6.45) is 1.77. The molecular formula is C17H18N4O2S2. The minimum Gasteiger partial charge on any atom is -0.493 e. The maximum atomic E-state index is 5.79. The first-order chi connectivity index (χ1) is 12.1. The summed E-state index contributed by atoms with van der Waals surface area (Å²) in [4.78, 5) is 0.989. The van der Waals surface area contributed by atoms with Crippen molar-refractivity contribution in [3.8, 4) is 22.2 Å². The van der Waals surface area contributed by atoms with Crippen molar-refractivity contribution in [2.75, 3.05) is 7.11 Å². The Bertz CT molecular complexity index is 927. The number of hydrogen-bond donors (Lipinski definition) is 1. The van der Waals surface area contributed by atoms with Gasteiger partial charge in [-0.1, -0.05) is 6.07 Å². The molecule has 3 aromatic rings. The Morgan fingerprint density at radius 1 is 1.32 bits per heavy atom. The maximum absolute atomic E-state index is 5.79. The lowest BCUT2D eigenvalue weighted by Crippen LogP contribution is -2.07. The quantitative estimate of drug-likeness (QED) is 0.515. The Labute approximate surface area is 154 Å². The van der Waals surface area contributed by atoms with E-state index in [0.717, 1.165) is 10.4 Å². The minimum absolute atomic E-state index is 0.0500. The van der Waals surface area contributed by atoms with Crippen molar-refractivity contribution in [2.24, 2.45) is 5.10 Å². The lowest BCUT2D eigenvalue weighted by Gasteiger charge is -2.13. The summed E-state index contributed by atoms with van der Waals surface area (Å²) in [6.45, 7) is 3.94. The molecule has 0 aliphatic rings. The number of ether oxygens (including phenoxy) is 2. The molecule has 6 nitrogen and oxygen atoms in total. The van der Waals surface area contributed by atoms with Gasteiger partial charge in [-0.05, 0) is 61.3 Å². The van der Waals surface area contributed by atoms with Crippen LogP contribution in [0.4, 0.5) is 0 Å². The van der Waals surface area contributed by atoms with Crippen molar-refractivity contribution in [1.29, 1.82) is 0 Å². The topological polar surface area (TPSA) is 64.4 Å². The highest BCUT2D eigenvalue weighted by Crippen LogP contribution is 2.28. The van der Waals surface area contributed by atoms with Crippen molar-refractivity contribution in [1.82, 2.24) is 14.9 Å². The van der Waals surface area contributed by atoms with Gasteiger partial charge < -0.3 is 9.47 Å². The molecule has 0 unspecified atom stereocenters. The Hall–Kier alpha value is -2.45. The SMILES string of the molecule is COc1ccc(/C=N\n2c(-c3cccs3)n[nH]c2=S)cc1OC(C)C. The van der Waals surface area contributed by atoms with Gasteiger partial charge in [-0.3, -0.25) is 0 Å². The van der Waals surface area contributed by atoms with Gasteiger partial charge in [0, 0.05) is 0 Å². The third kappa shape index (κ3) is 3.97. The molecule has 25 heavy (non-hydrogen) atoms. The molecule has 0 atom stereocenters. The Balaban J connectivity index is 1.93. The monoisotopic (exact) mass is 374 g/mol. The lowest BCUT2D eigenvalue weighted by molar-refractivity contribution is 0.230. The number of H-pyrrole nitrogens is 1. The smallest absolute Gasteiger partial charge is 0.216 e. The molecule has 0 aliphatic heterocycles. The molecule has 130 valence electrons. The summed E-state index contributed by atoms with van der Waals surface area (Å²) in [7, 11) is 1.62. The Kier molecular flexibility index (Phi) is 5.30. The molecule has 2 heterocycles. The molecule has 1 N–H and O–H groups in total. The van der Waals surface area contributed by atoms with E-state index in [-0.39, 0.29) is 6.10 Å². The molecule has 1 aromatic carbocycles. The van der Waals surface area contributed by atoms with Crippen molar-refractivity contribution in [3.63, 3.8) is 0 Å². The summed E-state index contributed by atoms with van der Waals surface area (Å²) in [5.41, 5.74) is 0.872. The number of thiophene rings is 1.